The summed E-state index contributed by atoms with van der Waals surface area (Å²) in [6, 6.07) is 46.5. The maximum absolute atomic E-state index is 12.5. The van der Waals surface area contributed by atoms with Crippen molar-refractivity contribution in [2.75, 3.05) is 176 Å². The Hall–Kier alpha value is -16.1. The zero-order chi connectivity index (χ0) is 103. The molecule has 2 amide bonds. The van der Waals surface area contributed by atoms with Crippen LogP contribution in [0.3, 0.4) is 0 Å². The molecule has 0 spiro atoms. The lowest BCUT2D eigenvalue weighted by atomic mass is 10.1. The molecule has 0 saturated carbocycles. The Bertz CT molecular complexity index is 7020. The number of hydrogen-bond acceptors (Lipinski definition) is 31. The molecule has 18 rings (SSSR count). The standard InChI is InChI=1S/C31H38N6O5.C27H32N6O3.C24H23F3N6O3.C24H28N6O2/c1-31(2,3)42-30(39)35-10-8-22(9-11-35)37-20-21(18-33-37)29-19-32-27-7-6-23(16-28(27)34-29)36(12-13-38)24-14-25(40-4)17-26(15-24)41-5;1-31-8-6-20(7-9-31)33-18-19(16-29-33)27-17-28-25-5-4-21(14-26(25)30-27)32(10-11-34)22-12-23(35-2)15-24(13-22)36-3;1-35-18-8-17(9-19(11-18)36-2)33(7-3-6-28-23(34)24(25,26)27)16-4-5-20-21(10-16)32-22(14-29-20)15-12-30-31-13-15;1-28(2)8-9-30(19-10-20(31-4)13-21(11-19)32-5)18-6-7-22-23(12-18)27-24(15-25-22)17-14-26-29(3)16-17/h6-7,14-20,22,38H,8-13H2,1-5H3;4-5,12-18,20,34H,6-11H2,1-3H3;4-5,8-14H,3,6-7H2,1-2H3,(H,28,34)(H,30,31);6-7,10-16H,8-9H2,1-5H3. The summed E-state index contributed by atoms with van der Waals surface area (Å²) < 4.78 is 92.5. The normalized spacial score (nSPS) is 13.0. The first kappa shape index (κ1) is 104. The van der Waals surface area contributed by atoms with Crippen LogP contribution in [-0.4, -0.2) is 285 Å². The summed E-state index contributed by atoms with van der Waals surface area (Å²) in [5.41, 5.74) is 18.8. The predicted molar refractivity (Wildman–Crippen MR) is 555 cm³/mol. The lowest BCUT2D eigenvalue weighted by molar-refractivity contribution is -0.173. The van der Waals surface area contributed by atoms with Crippen molar-refractivity contribution >= 4 is 102 Å². The Labute approximate surface area is 843 Å². The Morgan fingerprint density at radius 3 is 1.05 bits per heavy atom. The van der Waals surface area contributed by atoms with Gasteiger partial charge in [0.05, 0.1) is 199 Å². The highest BCUT2D eigenvalue weighted by molar-refractivity contribution is 5.88. The number of aromatic amines is 1. The first-order valence-electron chi connectivity index (χ1n) is 47.5. The molecule has 8 aromatic carbocycles. The van der Waals surface area contributed by atoms with Crippen LogP contribution in [0.2, 0.25) is 0 Å². The van der Waals surface area contributed by atoms with E-state index in [1.54, 1.807) is 120 Å². The van der Waals surface area contributed by atoms with E-state index < -0.39 is 17.7 Å². The second-order valence-electron chi connectivity index (χ2n) is 36.0. The average molecular weight is 2000 g/mol. The number of benzene rings is 8. The number of carbonyl (C=O) groups is 2. The van der Waals surface area contributed by atoms with Gasteiger partial charge in [-0.1, -0.05) is 0 Å². The van der Waals surface area contributed by atoms with E-state index in [0.29, 0.717) is 94.8 Å². The summed E-state index contributed by atoms with van der Waals surface area (Å²) in [4.78, 5) is 75.8. The van der Waals surface area contributed by atoms with Gasteiger partial charge in [-0.3, -0.25) is 43.9 Å². The molecule has 0 unspecified atom stereocenters. The molecule has 0 aliphatic carbocycles. The molecule has 764 valence electrons. The summed E-state index contributed by atoms with van der Waals surface area (Å²) in [5, 5.41) is 41.7. The molecule has 0 radical (unpaired) electrons. The van der Waals surface area contributed by atoms with E-state index >= 15 is 0 Å². The van der Waals surface area contributed by atoms with Gasteiger partial charge < -0.3 is 92.5 Å². The second kappa shape index (κ2) is 47.9. The van der Waals surface area contributed by atoms with Crippen molar-refractivity contribution in [2.24, 2.45) is 7.05 Å². The minimum absolute atomic E-state index is 0.0145. The Kier molecular flexibility index (Phi) is 34.2. The van der Waals surface area contributed by atoms with Crippen molar-refractivity contribution in [1.82, 2.24) is 99.4 Å². The fourth-order valence-corrected chi connectivity index (χ4v) is 16.9. The van der Waals surface area contributed by atoms with Gasteiger partial charge in [0.15, 0.2) is 0 Å². The Balaban J connectivity index is 0.000000147. The van der Waals surface area contributed by atoms with E-state index in [1.165, 1.54) is 14.2 Å². The highest BCUT2D eigenvalue weighted by atomic mass is 19.4. The summed E-state index contributed by atoms with van der Waals surface area (Å²) >= 11 is 0. The predicted octanol–water partition coefficient (Wildman–Crippen LogP) is 17.1. The van der Waals surface area contributed by atoms with Crippen LogP contribution in [0.25, 0.3) is 89.2 Å². The third-order valence-corrected chi connectivity index (χ3v) is 24.6. The molecule has 10 heterocycles. The third kappa shape index (κ3) is 26.5. The van der Waals surface area contributed by atoms with E-state index in [2.05, 4.69) is 109 Å². The average Bonchev–Trinajstić information content (AvgIpc) is 1.28. The highest BCUT2D eigenvalue weighted by Gasteiger charge is 2.38. The maximum Gasteiger partial charge on any atom is 0.471 e. The van der Waals surface area contributed by atoms with Gasteiger partial charge in [0.1, 0.15) is 51.6 Å². The number of likely N-dealkylation sites (tertiary alicyclic amines) is 2. The molecule has 37 nitrogen and oxygen atoms in total. The molecule has 2 aliphatic rings. The number of H-pyrrole nitrogens is 1. The molecule has 8 aromatic heterocycles. The molecule has 4 N–H and O–H groups in total. The molecule has 0 bridgehead atoms. The number of fused-ring (bicyclic) bond motifs is 4. The van der Waals surface area contributed by atoms with E-state index in [4.69, 9.17) is 57.6 Å². The number of hydrogen-bond donors (Lipinski definition) is 4. The topological polar surface area (TPSA) is 378 Å². The third-order valence-electron chi connectivity index (χ3n) is 24.6. The second-order valence-corrected chi connectivity index (χ2v) is 36.0. The number of carbonyl (C=O) groups excluding carboxylic acids is 2. The number of amides is 2. The number of aryl methyl sites for hydroxylation is 1. The lowest BCUT2D eigenvalue weighted by Gasteiger charge is -2.33. The van der Waals surface area contributed by atoms with Crippen LogP contribution in [0.1, 0.15) is 65.0 Å². The van der Waals surface area contributed by atoms with E-state index in [-0.39, 0.29) is 44.9 Å². The van der Waals surface area contributed by atoms with Crippen molar-refractivity contribution in [3.05, 3.63) is 220 Å². The quantitative estimate of drug-likeness (QED) is 0.0278. The zero-order valence-corrected chi connectivity index (χ0v) is 84.3. The number of halogens is 3. The number of alkyl halides is 3. The van der Waals surface area contributed by atoms with Crippen LogP contribution in [0, 0.1) is 0 Å². The van der Waals surface area contributed by atoms with Crippen LogP contribution >= 0.6 is 0 Å². The Morgan fingerprint density at radius 1 is 0.404 bits per heavy atom. The minimum Gasteiger partial charge on any atom is -0.497 e. The van der Waals surface area contributed by atoms with E-state index in [0.717, 1.165) is 170 Å². The van der Waals surface area contributed by atoms with Crippen LogP contribution in [0.5, 0.6) is 46.0 Å². The molecular formula is C106H121F3N24O13. The number of methoxy groups -OCH3 is 8. The largest absolute Gasteiger partial charge is 0.497 e. The van der Waals surface area contributed by atoms with Gasteiger partial charge in [0.2, 0.25) is 0 Å². The van der Waals surface area contributed by atoms with Crippen LogP contribution < -0.4 is 62.8 Å². The number of piperidine rings is 2. The SMILES string of the molecule is COc1cc(OC)cc(N(CCCNC(=O)C(F)(F)F)c2ccc3ncc(-c4cn[nH]c4)nc3c2)c1.COc1cc(OC)cc(N(CCN(C)C)c2ccc3ncc(-c4cnn(C)c4)nc3c2)c1.COc1cc(OC)cc(N(CCO)c2ccc3ncc(-c4cnn(C5CCN(C(=O)OC(C)(C)C)CC5)c4)nc3c2)c1.COc1cc(OC)cc(N(CCO)c2ccc3ncc(-c4cnn(C5CCN(C)CC5)c4)nc3c2)c1. The van der Waals surface area contributed by atoms with Crippen LogP contribution in [-0.2, 0) is 16.6 Å². The summed E-state index contributed by atoms with van der Waals surface area (Å²) in [6.07, 6.45) is 20.7. The van der Waals surface area contributed by atoms with E-state index in [9.17, 15) is 33.0 Å². The molecule has 0 atom stereocenters. The van der Waals surface area contributed by atoms with E-state index in [1.807, 2.05) is 186 Å². The van der Waals surface area contributed by atoms with Gasteiger partial charge in [-0.25, -0.2) is 24.7 Å². The highest BCUT2D eigenvalue weighted by Crippen LogP contribution is 2.42. The number of nitrogens with one attached hydrogen (secondary N) is 2. The van der Waals surface area contributed by atoms with Crippen LogP contribution in [0.4, 0.5) is 63.5 Å². The molecule has 2 saturated heterocycles. The molecule has 40 heteroatoms. The van der Waals surface area contributed by atoms with Crippen LogP contribution in [0.15, 0.2) is 220 Å². The lowest BCUT2D eigenvalue weighted by Crippen LogP contribution is -2.42. The van der Waals surface area contributed by atoms with Gasteiger partial charge in [0, 0.05) is 225 Å². The molecule has 146 heavy (non-hydrogen) atoms. The molecule has 2 fully saturated rings. The van der Waals surface area contributed by atoms with Gasteiger partial charge in [-0.2, -0.15) is 33.6 Å². The number of aliphatic hydroxyl groups excluding tert-OH is 2. The first-order chi connectivity index (χ1) is 70.5. The number of aromatic nitrogens is 16. The zero-order valence-electron chi connectivity index (χ0n) is 84.3. The first-order valence-corrected chi connectivity index (χ1v) is 47.5. The number of anilines is 8. The molecule has 2 aliphatic heterocycles. The number of ether oxygens (including phenoxy) is 9. The minimum atomic E-state index is -4.93. The Morgan fingerprint density at radius 2 is 0.740 bits per heavy atom. The van der Waals surface area contributed by atoms with Gasteiger partial charge >= 0.3 is 18.2 Å². The van der Waals surface area contributed by atoms with Gasteiger partial charge in [-0.05, 0) is 160 Å². The summed E-state index contributed by atoms with van der Waals surface area (Å²) in [5.74, 6) is 3.27. The number of nitrogens with zero attached hydrogens (tertiary/aromatic N) is 22. The number of rotatable bonds is 33. The monoisotopic (exact) mass is 1990 g/mol. The molecular weight excluding hydrogens is 1870 g/mol. The smallest absolute Gasteiger partial charge is 0.471 e. The van der Waals surface area contributed by atoms with Gasteiger partial charge in [0.25, 0.3) is 0 Å². The summed E-state index contributed by atoms with van der Waals surface area (Å²) in [6.45, 7) is 11.5. The van der Waals surface area contributed by atoms with Gasteiger partial charge in [-0.15, -0.1) is 0 Å². The molecule has 16 aromatic rings. The van der Waals surface area contributed by atoms with Crippen molar-refractivity contribution in [1.29, 1.82) is 0 Å². The maximum atomic E-state index is 12.5. The fourth-order valence-electron chi connectivity index (χ4n) is 16.9. The van der Waals surface area contributed by atoms with Crippen molar-refractivity contribution in [3.63, 3.8) is 0 Å². The number of aliphatic hydroxyl groups is 2. The number of likely N-dealkylation sites (N-methyl/N-ethyl adjacent to an activating group) is 1. The van der Waals surface area contributed by atoms with Crippen molar-refractivity contribution in [2.45, 2.75) is 76.7 Å². The fraction of sp³-hybridized carbons (Fsp3) is 0.340. The van der Waals surface area contributed by atoms with Crippen molar-refractivity contribution in [3.8, 4) is 91.0 Å². The van der Waals surface area contributed by atoms with Crippen molar-refractivity contribution < 1.29 is 75.6 Å². The summed E-state index contributed by atoms with van der Waals surface area (Å²) in [7, 11) is 21.0.